The summed E-state index contributed by atoms with van der Waals surface area (Å²) < 4.78 is 24.9. The summed E-state index contributed by atoms with van der Waals surface area (Å²) in [6, 6.07) is 7.95. The first-order valence-electron chi connectivity index (χ1n) is 11.1. The number of methoxy groups -OCH3 is 1. The SMILES string of the molecule is COc1cc2ncnc(Nc3ccc(F)c(Cl)c3)c2cc1N1CC2(CCN(C)CC2)COC1=O. The van der Waals surface area contributed by atoms with Crippen molar-refractivity contribution >= 4 is 45.8 Å². The van der Waals surface area contributed by atoms with Gasteiger partial charge in [-0.25, -0.2) is 19.2 Å². The smallest absolute Gasteiger partial charge is 0.414 e. The zero-order valence-corrected chi connectivity index (χ0v) is 19.7. The lowest BCUT2D eigenvalue weighted by Crippen LogP contribution is -2.54. The zero-order valence-electron chi connectivity index (χ0n) is 19.0. The number of rotatable bonds is 4. The number of piperidine rings is 1. The number of benzene rings is 2. The maximum absolute atomic E-state index is 13.6. The second-order valence-corrected chi connectivity index (χ2v) is 9.37. The molecule has 178 valence electrons. The molecule has 0 atom stereocenters. The van der Waals surface area contributed by atoms with Gasteiger partial charge in [-0.2, -0.15) is 0 Å². The average Bonchev–Trinajstić information content (AvgIpc) is 2.84. The molecule has 1 amide bonds. The minimum Gasteiger partial charge on any atom is -0.494 e. The van der Waals surface area contributed by atoms with E-state index >= 15 is 0 Å². The maximum atomic E-state index is 13.6. The van der Waals surface area contributed by atoms with Gasteiger partial charge in [0.2, 0.25) is 0 Å². The lowest BCUT2D eigenvalue weighted by Gasteiger charge is -2.46. The molecule has 0 bridgehead atoms. The summed E-state index contributed by atoms with van der Waals surface area (Å²) in [7, 11) is 3.67. The first-order chi connectivity index (χ1) is 16.4. The van der Waals surface area contributed by atoms with E-state index in [1.807, 2.05) is 6.07 Å². The van der Waals surface area contributed by atoms with Gasteiger partial charge in [0, 0.05) is 29.1 Å². The van der Waals surface area contributed by atoms with E-state index in [9.17, 15) is 9.18 Å². The minimum absolute atomic E-state index is 0.00482. The molecule has 3 aromatic rings. The van der Waals surface area contributed by atoms with Gasteiger partial charge in [-0.1, -0.05) is 11.6 Å². The predicted molar refractivity (Wildman–Crippen MR) is 129 cm³/mol. The van der Waals surface area contributed by atoms with Crippen molar-refractivity contribution in [2.75, 3.05) is 50.6 Å². The minimum atomic E-state index is -0.502. The number of hydrogen-bond acceptors (Lipinski definition) is 7. The number of carbonyl (C=O) groups is 1. The van der Waals surface area contributed by atoms with Crippen LogP contribution in [0.15, 0.2) is 36.7 Å². The highest BCUT2D eigenvalue weighted by Crippen LogP contribution is 2.42. The summed E-state index contributed by atoms with van der Waals surface area (Å²) >= 11 is 5.94. The van der Waals surface area contributed by atoms with Gasteiger partial charge in [-0.05, 0) is 57.2 Å². The number of nitrogens with zero attached hydrogens (tertiary/aromatic N) is 4. The molecule has 0 unspecified atom stereocenters. The second-order valence-electron chi connectivity index (χ2n) is 8.96. The number of likely N-dealkylation sites (tertiary alicyclic amines) is 1. The van der Waals surface area contributed by atoms with Crippen molar-refractivity contribution in [3.8, 4) is 5.75 Å². The average molecular weight is 486 g/mol. The van der Waals surface area contributed by atoms with Gasteiger partial charge in [0.05, 0.1) is 23.3 Å². The van der Waals surface area contributed by atoms with E-state index in [1.165, 1.54) is 18.5 Å². The predicted octanol–water partition coefficient (Wildman–Crippen LogP) is 4.84. The number of anilines is 3. The monoisotopic (exact) mass is 485 g/mol. The van der Waals surface area contributed by atoms with E-state index in [-0.39, 0.29) is 10.4 Å². The molecule has 1 spiro atoms. The van der Waals surface area contributed by atoms with Crippen LogP contribution in [0.2, 0.25) is 5.02 Å². The number of halogens is 2. The molecule has 1 N–H and O–H groups in total. The van der Waals surface area contributed by atoms with Gasteiger partial charge < -0.3 is 19.7 Å². The third-order valence-corrected chi connectivity index (χ3v) is 6.96. The normalized spacial score (nSPS) is 18.2. The number of amides is 1. The van der Waals surface area contributed by atoms with Crippen LogP contribution in [0.5, 0.6) is 5.75 Å². The molecule has 0 saturated carbocycles. The Kier molecular flexibility index (Phi) is 5.91. The zero-order chi connectivity index (χ0) is 23.9. The van der Waals surface area contributed by atoms with Gasteiger partial charge in [-0.15, -0.1) is 0 Å². The van der Waals surface area contributed by atoms with Crippen molar-refractivity contribution in [1.29, 1.82) is 0 Å². The Bertz CT molecular complexity index is 1250. The molecule has 8 nitrogen and oxygen atoms in total. The number of hydrogen-bond donors (Lipinski definition) is 1. The number of cyclic esters (lactones) is 1. The van der Waals surface area contributed by atoms with Crippen LogP contribution in [0.25, 0.3) is 10.9 Å². The van der Waals surface area contributed by atoms with Gasteiger partial charge in [-0.3, -0.25) is 4.90 Å². The Morgan fingerprint density at radius 2 is 2.00 bits per heavy atom. The largest absolute Gasteiger partial charge is 0.494 e. The van der Waals surface area contributed by atoms with Crippen molar-refractivity contribution in [1.82, 2.24) is 14.9 Å². The van der Waals surface area contributed by atoms with Crippen molar-refractivity contribution in [3.05, 3.63) is 47.5 Å². The molecular weight excluding hydrogens is 461 g/mol. The van der Waals surface area contributed by atoms with Crippen LogP contribution in [0, 0.1) is 11.2 Å². The summed E-state index contributed by atoms with van der Waals surface area (Å²) in [5.74, 6) is 0.512. The number of ether oxygens (including phenoxy) is 2. The molecular formula is C24H25ClFN5O3. The summed E-state index contributed by atoms with van der Waals surface area (Å²) in [5, 5.41) is 3.85. The summed E-state index contributed by atoms with van der Waals surface area (Å²) in [5.41, 5.74) is 1.70. The Labute approximate surface area is 201 Å². The van der Waals surface area contributed by atoms with E-state index in [1.54, 1.807) is 24.1 Å². The number of fused-ring (bicyclic) bond motifs is 1. The molecule has 2 fully saturated rings. The first-order valence-corrected chi connectivity index (χ1v) is 11.4. The van der Waals surface area contributed by atoms with Crippen LogP contribution < -0.4 is 15.0 Å². The lowest BCUT2D eigenvalue weighted by atomic mass is 9.78. The van der Waals surface area contributed by atoms with Gasteiger partial charge >= 0.3 is 6.09 Å². The highest BCUT2D eigenvalue weighted by molar-refractivity contribution is 6.31. The van der Waals surface area contributed by atoms with Crippen LogP contribution in [0.3, 0.4) is 0 Å². The van der Waals surface area contributed by atoms with Gasteiger partial charge in [0.15, 0.2) is 0 Å². The molecule has 10 heteroatoms. The van der Waals surface area contributed by atoms with Crippen LogP contribution in [0.1, 0.15) is 12.8 Å². The fraction of sp³-hybridized carbons (Fsp3) is 0.375. The van der Waals surface area contributed by atoms with Crippen LogP contribution in [0.4, 0.5) is 26.4 Å². The molecule has 3 heterocycles. The lowest BCUT2D eigenvalue weighted by molar-refractivity contribution is 0.0221. The Morgan fingerprint density at radius 1 is 1.21 bits per heavy atom. The first kappa shape index (κ1) is 22.6. The molecule has 2 saturated heterocycles. The molecule has 5 rings (SSSR count). The van der Waals surface area contributed by atoms with Crippen LogP contribution >= 0.6 is 11.6 Å². The van der Waals surface area contributed by atoms with Crippen molar-refractivity contribution in [2.24, 2.45) is 5.41 Å². The van der Waals surface area contributed by atoms with Crippen molar-refractivity contribution in [2.45, 2.75) is 12.8 Å². The second kappa shape index (κ2) is 8.88. The van der Waals surface area contributed by atoms with E-state index in [4.69, 9.17) is 21.1 Å². The molecule has 1 aromatic heterocycles. The Balaban J connectivity index is 1.54. The number of carbonyl (C=O) groups excluding carboxylic acids is 1. The maximum Gasteiger partial charge on any atom is 0.414 e. The Hall–Kier alpha value is -3.17. The molecule has 2 aromatic carbocycles. The quantitative estimate of drug-likeness (QED) is 0.566. The van der Waals surface area contributed by atoms with Crippen molar-refractivity contribution in [3.63, 3.8) is 0 Å². The topological polar surface area (TPSA) is 79.8 Å². The molecule has 0 aliphatic carbocycles. The molecule has 2 aliphatic heterocycles. The number of nitrogens with one attached hydrogen (secondary N) is 1. The van der Waals surface area contributed by atoms with Crippen LogP contribution in [-0.2, 0) is 4.74 Å². The highest BCUT2D eigenvalue weighted by atomic mass is 35.5. The van der Waals surface area contributed by atoms with E-state index < -0.39 is 11.9 Å². The summed E-state index contributed by atoms with van der Waals surface area (Å²) in [6.45, 7) is 2.89. The third-order valence-electron chi connectivity index (χ3n) is 6.67. The fourth-order valence-electron chi connectivity index (χ4n) is 4.57. The third kappa shape index (κ3) is 4.21. The Morgan fingerprint density at radius 3 is 2.74 bits per heavy atom. The summed E-state index contributed by atoms with van der Waals surface area (Å²) in [4.78, 5) is 25.5. The van der Waals surface area contributed by atoms with Crippen molar-refractivity contribution < 1.29 is 18.7 Å². The van der Waals surface area contributed by atoms with Gasteiger partial charge in [0.25, 0.3) is 0 Å². The molecule has 0 radical (unpaired) electrons. The van der Waals surface area contributed by atoms with Crippen LogP contribution in [-0.4, -0.2) is 61.4 Å². The standard InChI is InChI=1S/C24H25ClFN5O3/c1-30-7-5-24(6-8-30)12-31(23(32)34-13-24)20-10-16-19(11-21(20)33-2)27-14-28-22(16)29-15-3-4-18(26)17(25)9-15/h3-4,9-11,14H,5-8,12-13H2,1-2H3,(H,27,28,29). The highest BCUT2D eigenvalue weighted by Gasteiger charge is 2.43. The number of aromatic nitrogens is 2. The fourth-order valence-corrected chi connectivity index (χ4v) is 4.75. The molecule has 2 aliphatic rings. The van der Waals surface area contributed by atoms with E-state index in [2.05, 4.69) is 27.2 Å². The van der Waals surface area contributed by atoms with E-state index in [0.29, 0.717) is 47.0 Å². The summed E-state index contributed by atoms with van der Waals surface area (Å²) in [6.07, 6.45) is 2.92. The van der Waals surface area contributed by atoms with Gasteiger partial charge in [0.1, 0.15) is 30.3 Å². The van der Waals surface area contributed by atoms with E-state index in [0.717, 1.165) is 25.9 Å². The molecule has 34 heavy (non-hydrogen) atoms.